The largest absolute Gasteiger partial charge is 0.382 e. The summed E-state index contributed by atoms with van der Waals surface area (Å²) >= 11 is 0. The van der Waals surface area contributed by atoms with E-state index in [1.54, 1.807) is 57.5 Å². The number of aromatic nitrogens is 35. The number of unbranched alkanes of at least 4 members (excludes halogenated alkanes) is 4. The molecule has 0 unspecified atom stereocenters. The molecule has 136 heavy (non-hydrogen) atoms. The van der Waals surface area contributed by atoms with Crippen LogP contribution in [0.1, 0.15) is 180 Å². The van der Waals surface area contributed by atoms with Crippen LogP contribution >= 0.6 is 0 Å². The Hall–Kier alpha value is -16.2. The molecule has 20 aromatic rings. The molecule has 0 radical (unpaired) electrons. The topological polar surface area (TPSA) is 601 Å². The van der Waals surface area contributed by atoms with Crippen LogP contribution in [-0.4, -0.2) is 173 Å². The average molecular weight is 1840 g/mol. The van der Waals surface area contributed by atoms with Crippen LogP contribution in [0.3, 0.4) is 0 Å². The van der Waals surface area contributed by atoms with Crippen molar-refractivity contribution in [1.29, 1.82) is 0 Å². The predicted molar refractivity (Wildman–Crippen MR) is 518 cm³/mol. The van der Waals surface area contributed by atoms with Crippen LogP contribution in [0, 0.1) is 46.5 Å². The Labute approximate surface area is 773 Å². The summed E-state index contributed by atoms with van der Waals surface area (Å²) in [5, 5.41) is 42.6. The number of aryl methyl sites for hydroxylation is 10. The lowest BCUT2D eigenvalue weighted by Gasteiger charge is -2.24. The molecule has 702 valence electrons. The number of nitrogens with zero attached hydrogens (tertiary/aromatic N) is 30. The van der Waals surface area contributed by atoms with Crippen molar-refractivity contribution in [3.05, 3.63) is 200 Å². The minimum Gasteiger partial charge on any atom is -0.382 e. The summed E-state index contributed by atoms with van der Waals surface area (Å²) in [5.74, 6) is 5.86. The molecule has 2 fully saturated rings. The van der Waals surface area contributed by atoms with Gasteiger partial charge in [0.25, 0.3) is 0 Å². The summed E-state index contributed by atoms with van der Waals surface area (Å²) < 4.78 is 17.5. The van der Waals surface area contributed by atoms with E-state index in [1.807, 2.05) is 114 Å². The second kappa shape index (κ2) is 39.0. The van der Waals surface area contributed by atoms with E-state index in [-0.39, 0.29) is 57.5 Å². The van der Waals surface area contributed by atoms with Crippen molar-refractivity contribution in [2.24, 2.45) is 11.8 Å². The number of aromatic amines is 5. The lowest BCUT2D eigenvalue weighted by molar-refractivity contribution is 0.283. The van der Waals surface area contributed by atoms with Crippen LogP contribution < -0.4 is 57.1 Å². The molecule has 45 heteroatoms. The van der Waals surface area contributed by atoms with Gasteiger partial charge < -0.3 is 53.6 Å². The summed E-state index contributed by atoms with van der Waals surface area (Å²) in [6, 6.07) is 29.8. The van der Waals surface area contributed by atoms with Gasteiger partial charge in [-0.05, 0) is 180 Å². The number of fused-ring (bicyclic) bond motifs is 10. The Morgan fingerprint density at radius 3 is 0.750 bits per heavy atom. The zero-order chi connectivity index (χ0) is 94.7. The summed E-state index contributed by atoms with van der Waals surface area (Å²) in [7, 11) is 0. The maximum Gasteiger partial charge on any atom is 0.328 e. The molecule has 15 heterocycles. The summed E-state index contributed by atoms with van der Waals surface area (Å²) in [5.41, 5.74) is 47.0. The van der Waals surface area contributed by atoms with Gasteiger partial charge in [-0.25, -0.2) is 97.2 Å². The van der Waals surface area contributed by atoms with E-state index < -0.39 is 0 Å². The van der Waals surface area contributed by atoms with Crippen LogP contribution in [0.5, 0.6) is 0 Å². The van der Waals surface area contributed by atoms with Crippen LogP contribution in [0.2, 0.25) is 0 Å². The standard InChI is InChI=1S/C20H24N8O.C20H26N8O.C19H22N8O.2C16H18N8O/c1-12-22-18(21)17-19(23-12)27(20(29)24-17)11-14-7-8-16-15(10-14)25-26-28(16)9-3-6-13-4-2-5-13;1-3-4-5-6-7-10-28-16-9-8-14(11-15(16)25-26-28)12-27-19-17(24-20(27)29)18(21)22-13(2)23-19;1-11-21-17(20)16-18(22-11)26(19(28)23-16)10-13-6-7-15-14(9-13)24-25-27(15)8-2-3-12-4-5-12;2*1-3-6-24-12-5-4-10(7-11(12)21-22-24)8-23-15-13(20-16(23)25)14(17)18-9(2)19-15/h7-8,10,13H,2-6,9,11H2,1H3,(H,24,29)(H2,21,22,23);8-9,11H,3-7,10,12H2,1-2H3,(H,24,29)(H2,21,22,23);6-7,9,12H,2-5,8,10H2,1H3,(H,23,28)(H2,20,21,22);2*4-5,7H,3,6,8H2,1-2H3,(H,20,25)(H2,17,18,19). The molecule has 15 N–H and O–H groups in total. The Morgan fingerprint density at radius 1 is 0.287 bits per heavy atom. The van der Waals surface area contributed by atoms with Crippen LogP contribution in [-0.2, 0) is 65.4 Å². The van der Waals surface area contributed by atoms with Gasteiger partial charge in [0.2, 0.25) is 0 Å². The highest BCUT2D eigenvalue weighted by Crippen LogP contribution is 2.35. The van der Waals surface area contributed by atoms with Crippen LogP contribution in [0.25, 0.3) is 111 Å². The molecule has 0 aliphatic heterocycles. The van der Waals surface area contributed by atoms with Gasteiger partial charge in [-0.3, -0.25) is 22.8 Å². The second-order valence-corrected chi connectivity index (χ2v) is 35.0. The molecule has 0 spiro atoms. The fourth-order valence-corrected chi connectivity index (χ4v) is 17.4. The smallest absolute Gasteiger partial charge is 0.328 e. The van der Waals surface area contributed by atoms with Gasteiger partial charge in [0.1, 0.15) is 84.3 Å². The number of imidazole rings is 5. The average Bonchev–Trinajstić information content (AvgIpc) is 1.64. The van der Waals surface area contributed by atoms with Gasteiger partial charge in [-0.1, -0.05) is 135 Å². The van der Waals surface area contributed by atoms with Gasteiger partial charge >= 0.3 is 28.4 Å². The first-order valence-corrected chi connectivity index (χ1v) is 46.1. The van der Waals surface area contributed by atoms with E-state index in [9.17, 15) is 24.0 Å². The number of hydrogen-bond acceptors (Lipinski definition) is 30. The predicted octanol–water partition coefficient (Wildman–Crippen LogP) is 9.58. The van der Waals surface area contributed by atoms with Crippen molar-refractivity contribution >= 4 is 140 Å². The van der Waals surface area contributed by atoms with Gasteiger partial charge in [-0.15, -0.1) is 25.5 Å². The maximum atomic E-state index is 12.4. The first-order chi connectivity index (χ1) is 65.8. The van der Waals surface area contributed by atoms with Gasteiger partial charge in [0.05, 0.1) is 60.3 Å². The Morgan fingerprint density at radius 2 is 0.522 bits per heavy atom. The zero-order valence-electron chi connectivity index (χ0n) is 77.0. The molecule has 0 atom stereocenters. The minimum atomic E-state index is -0.267. The van der Waals surface area contributed by atoms with E-state index >= 15 is 0 Å². The van der Waals surface area contributed by atoms with Crippen molar-refractivity contribution < 1.29 is 0 Å². The molecule has 15 aromatic heterocycles. The second-order valence-electron chi connectivity index (χ2n) is 35.0. The highest BCUT2D eigenvalue weighted by atomic mass is 16.2. The molecule has 22 rings (SSSR count). The Bertz CT molecular complexity index is 7960. The Kier molecular flexibility index (Phi) is 25.9. The SMILES string of the molecule is CCCCCCCn1nnc2cc(Cn3c(=O)[nH]c4c(N)nc(C)nc43)ccc21.CCCn1nnc2cc(Cn3c(=O)[nH]c4c(N)nc(C)nc43)ccc21.CCCn1nnc2cc(Cn3c(=O)[nH]c4c(N)nc(C)nc43)ccc21.Cc1nc(N)c2[nH]c(=O)n(Cc3ccc4c(c3)nnn4CCCC3CC3)c2n1.Cc1nc(N)c2[nH]c(=O)n(Cc3ccc4c(c3)nnn4CCCC3CCC3)c2n1. The normalized spacial score (nSPS) is 12.8. The van der Waals surface area contributed by atoms with E-state index in [1.165, 1.54) is 70.6 Å². The fourth-order valence-electron chi connectivity index (χ4n) is 17.4. The van der Waals surface area contributed by atoms with Gasteiger partial charge in [0.15, 0.2) is 57.3 Å². The molecular weight excluding hydrogens is 1730 g/mol. The van der Waals surface area contributed by atoms with Crippen molar-refractivity contribution in [3.8, 4) is 0 Å². The third-order valence-electron chi connectivity index (χ3n) is 24.6. The molecule has 0 saturated heterocycles. The highest BCUT2D eigenvalue weighted by molar-refractivity contribution is 5.86. The maximum absolute atomic E-state index is 12.4. The van der Waals surface area contributed by atoms with E-state index in [0.717, 1.165) is 160 Å². The molecule has 2 aliphatic rings. The van der Waals surface area contributed by atoms with Crippen LogP contribution in [0.4, 0.5) is 29.1 Å². The number of benzene rings is 5. The molecule has 2 saturated carbocycles. The number of H-pyrrole nitrogens is 5. The summed E-state index contributed by atoms with van der Waals surface area (Å²) in [6.07, 6.45) is 19.8. The molecule has 0 amide bonds. The molecular formula is C91H108N40O5. The fraction of sp³-hybridized carbons (Fsp3) is 0.396. The number of nitrogens with two attached hydrogens (primary N) is 5. The zero-order valence-corrected chi connectivity index (χ0v) is 77.0. The molecule has 5 aromatic carbocycles. The lowest BCUT2D eigenvalue weighted by Crippen LogP contribution is -2.17. The van der Waals surface area contributed by atoms with Crippen molar-refractivity contribution in [1.82, 2.24) is 173 Å². The van der Waals surface area contributed by atoms with E-state index in [0.29, 0.717) is 118 Å². The first-order valence-electron chi connectivity index (χ1n) is 46.1. The third kappa shape index (κ3) is 19.4. The van der Waals surface area contributed by atoms with E-state index in [2.05, 4.69) is 147 Å². The number of nitrogen functional groups attached to an aromatic ring is 5. The molecule has 2 aliphatic carbocycles. The monoisotopic (exact) mass is 1840 g/mol. The Balaban J connectivity index is 0.000000113. The number of hydrogen-bond donors (Lipinski definition) is 10. The summed E-state index contributed by atoms with van der Waals surface area (Å²) in [4.78, 5) is 118. The van der Waals surface area contributed by atoms with Gasteiger partial charge in [0, 0.05) is 32.7 Å². The van der Waals surface area contributed by atoms with Crippen molar-refractivity contribution in [2.75, 3.05) is 28.7 Å². The summed E-state index contributed by atoms with van der Waals surface area (Å²) in [6.45, 7) is 21.3. The lowest BCUT2D eigenvalue weighted by atomic mass is 9.82. The number of rotatable bonds is 28. The first kappa shape index (κ1) is 90.4. The molecule has 0 bridgehead atoms. The third-order valence-corrected chi connectivity index (χ3v) is 24.6. The van der Waals surface area contributed by atoms with Gasteiger partial charge in [-0.2, -0.15) is 0 Å². The number of anilines is 5. The van der Waals surface area contributed by atoms with E-state index in [4.69, 9.17) is 28.7 Å². The van der Waals surface area contributed by atoms with Crippen molar-refractivity contribution in [2.45, 2.75) is 224 Å². The van der Waals surface area contributed by atoms with Crippen molar-refractivity contribution in [3.63, 3.8) is 0 Å². The minimum absolute atomic E-state index is 0.258. The quantitative estimate of drug-likeness (QED) is 0.0204. The molecule has 45 nitrogen and oxygen atoms in total. The highest BCUT2D eigenvalue weighted by Gasteiger charge is 2.25. The number of nitrogens with one attached hydrogen (secondary N) is 5. The van der Waals surface area contributed by atoms with Crippen LogP contribution in [0.15, 0.2) is 115 Å².